The van der Waals surface area contributed by atoms with Crippen molar-refractivity contribution >= 4 is 21.7 Å². The molecule has 4 fully saturated rings. The molecule has 4 bridgehead atoms. The van der Waals surface area contributed by atoms with Gasteiger partial charge in [0, 0.05) is 13.0 Å². The second-order valence-electron chi connectivity index (χ2n) is 9.71. The van der Waals surface area contributed by atoms with Crippen molar-refractivity contribution in [3.05, 3.63) is 30.3 Å². The first-order chi connectivity index (χ1) is 14.3. The molecule has 4 aliphatic rings. The van der Waals surface area contributed by atoms with Crippen LogP contribution in [0.1, 0.15) is 51.4 Å². The first kappa shape index (κ1) is 21.3. The van der Waals surface area contributed by atoms with E-state index in [1.807, 2.05) is 0 Å². The molecule has 30 heavy (non-hydrogen) atoms. The van der Waals surface area contributed by atoms with Crippen molar-refractivity contribution in [2.45, 2.75) is 56.3 Å². The van der Waals surface area contributed by atoms with Crippen molar-refractivity contribution in [1.29, 1.82) is 0 Å². The second-order valence-corrected chi connectivity index (χ2v) is 11.8. The summed E-state index contributed by atoms with van der Waals surface area (Å²) in [7, 11) is -3.33. The van der Waals surface area contributed by atoms with Gasteiger partial charge in [-0.1, -0.05) is 18.2 Å². The van der Waals surface area contributed by atoms with Crippen molar-refractivity contribution in [1.82, 2.24) is 10.6 Å². The summed E-state index contributed by atoms with van der Waals surface area (Å²) in [5.74, 6) is 2.10. The van der Waals surface area contributed by atoms with Crippen LogP contribution in [0.5, 0.6) is 0 Å². The van der Waals surface area contributed by atoms with Gasteiger partial charge in [-0.15, -0.1) is 0 Å². The van der Waals surface area contributed by atoms with Crippen molar-refractivity contribution in [2.75, 3.05) is 18.8 Å². The van der Waals surface area contributed by atoms with Gasteiger partial charge in [0.1, 0.15) is 0 Å². The normalized spacial score (nSPS) is 29.5. The Kier molecular flexibility index (Phi) is 6.19. The van der Waals surface area contributed by atoms with Gasteiger partial charge in [-0.25, -0.2) is 8.42 Å². The highest BCUT2D eigenvalue weighted by atomic mass is 32.2. The smallest absolute Gasteiger partial charge is 0.239 e. The summed E-state index contributed by atoms with van der Waals surface area (Å²) in [4.78, 5) is 24.8. The summed E-state index contributed by atoms with van der Waals surface area (Å²) in [6, 6.07) is 8.32. The van der Waals surface area contributed by atoms with Gasteiger partial charge in [-0.3, -0.25) is 9.59 Å². The average molecular weight is 433 g/mol. The molecule has 5 rings (SSSR count). The van der Waals surface area contributed by atoms with Gasteiger partial charge < -0.3 is 10.6 Å². The Labute approximate surface area is 179 Å². The minimum atomic E-state index is -3.33. The summed E-state index contributed by atoms with van der Waals surface area (Å²) in [5.41, 5.74) is 0.168. The summed E-state index contributed by atoms with van der Waals surface area (Å²) in [6.07, 6.45) is 8.45. The van der Waals surface area contributed by atoms with Gasteiger partial charge in [0.25, 0.3) is 0 Å². The molecule has 7 heteroatoms. The number of sulfone groups is 1. The number of carbonyl (C=O) groups excluding carboxylic acids is 2. The number of rotatable bonds is 9. The molecule has 1 aromatic rings. The van der Waals surface area contributed by atoms with Gasteiger partial charge in [0.05, 0.1) is 17.2 Å². The molecule has 0 spiro atoms. The maximum atomic E-state index is 12.5. The van der Waals surface area contributed by atoms with E-state index in [0.717, 1.165) is 17.8 Å². The number of hydrogen-bond acceptors (Lipinski definition) is 4. The van der Waals surface area contributed by atoms with E-state index < -0.39 is 9.84 Å². The van der Waals surface area contributed by atoms with Crippen molar-refractivity contribution in [3.8, 4) is 0 Å². The fraction of sp³-hybridized carbons (Fsp3) is 0.652. The Hall–Kier alpha value is -1.89. The van der Waals surface area contributed by atoms with E-state index in [-0.39, 0.29) is 36.1 Å². The van der Waals surface area contributed by atoms with Crippen LogP contribution in [0.2, 0.25) is 0 Å². The molecule has 4 aliphatic carbocycles. The third-order valence-corrected chi connectivity index (χ3v) is 8.98. The first-order valence-electron chi connectivity index (χ1n) is 11.1. The second kappa shape index (κ2) is 8.69. The SMILES string of the molecule is O=C(CNC(=O)CC12CC3CC(CC(C3)C1)C2)NCCCS(=O)(=O)c1ccccc1. The first-order valence-corrected chi connectivity index (χ1v) is 12.8. The molecule has 0 radical (unpaired) electrons. The lowest BCUT2D eigenvalue weighted by atomic mass is 9.49. The molecular formula is C23H32N2O4S. The predicted octanol–water partition coefficient (Wildman–Crippen LogP) is 2.69. The third-order valence-electron chi connectivity index (χ3n) is 7.16. The van der Waals surface area contributed by atoms with Crippen LogP contribution < -0.4 is 10.6 Å². The van der Waals surface area contributed by atoms with Crippen LogP contribution in [0.4, 0.5) is 0 Å². The summed E-state index contributed by atoms with van der Waals surface area (Å²) in [5, 5.41) is 5.47. The highest BCUT2D eigenvalue weighted by Crippen LogP contribution is 2.61. The average Bonchev–Trinajstić information content (AvgIpc) is 2.69. The van der Waals surface area contributed by atoms with E-state index in [4.69, 9.17) is 0 Å². The van der Waals surface area contributed by atoms with Crippen LogP contribution in [0.3, 0.4) is 0 Å². The zero-order valence-corrected chi connectivity index (χ0v) is 18.3. The molecular weight excluding hydrogens is 400 g/mol. The van der Waals surface area contributed by atoms with E-state index in [1.165, 1.54) is 38.5 Å². The van der Waals surface area contributed by atoms with E-state index in [1.54, 1.807) is 30.3 Å². The minimum absolute atomic E-state index is 0.0182. The van der Waals surface area contributed by atoms with Gasteiger partial charge in [0.15, 0.2) is 9.84 Å². The largest absolute Gasteiger partial charge is 0.355 e. The number of carbonyl (C=O) groups is 2. The van der Waals surface area contributed by atoms with Gasteiger partial charge in [-0.2, -0.15) is 0 Å². The van der Waals surface area contributed by atoms with Crippen LogP contribution in [0, 0.1) is 23.2 Å². The Balaban J connectivity index is 1.14. The number of benzene rings is 1. The third kappa shape index (κ3) is 5.05. The van der Waals surface area contributed by atoms with Crippen LogP contribution in [-0.2, 0) is 19.4 Å². The Morgan fingerprint density at radius 3 is 2.10 bits per heavy atom. The van der Waals surface area contributed by atoms with E-state index in [2.05, 4.69) is 10.6 Å². The van der Waals surface area contributed by atoms with E-state index in [9.17, 15) is 18.0 Å². The van der Waals surface area contributed by atoms with Crippen molar-refractivity contribution < 1.29 is 18.0 Å². The number of nitrogens with one attached hydrogen (secondary N) is 2. The van der Waals surface area contributed by atoms with Crippen LogP contribution in [0.15, 0.2) is 35.2 Å². The van der Waals surface area contributed by atoms with Crippen molar-refractivity contribution in [2.24, 2.45) is 23.2 Å². The van der Waals surface area contributed by atoms with Gasteiger partial charge in [0.2, 0.25) is 11.8 Å². The lowest BCUT2D eigenvalue weighted by Gasteiger charge is -2.56. The highest BCUT2D eigenvalue weighted by molar-refractivity contribution is 7.91. The molecule has 4 saturated carbocycles. The molecule has 2 amide bonds. The van der Waals surface area contributed by atoms with Gasteiger partial charge >= 0.3 is 0 Å². The molecule has 0 unspecified atom stereocenters. The van der Waals surface area contributed by atoms with Crippen molar-refractivity contribution in [3.63, 3.8) is 0 Å². The molecule has 0 heterocycles. The molecule has 6 nitrogen and oxygen atoms in total. The monoisotopic (exact) mass is 432 g/mol. The van der Waals surface area contributed by atoms with E-state index >= 15 is 0 Å². The lowest BCUT2D eigenvalue weighted by molar-refractivity contribution is -0.131. The molecule has 0 aliphatic heterocycles. The Bertz CT molecular complexity index is 846. The Morgan fingerprint density at radius 1 is 0.900 bits per heavy atom. The molecule has 0 saturated heterocycles. The summed E-state index contributed by atoms with van der Waals surface area (Å²) < 4.78 is 24.4. The van der Waals surface area contributed by atoms with Crippen LogP contribution in [-0.4, -0.2) is 39.1 Å². The molecule has 2 N–H and O–H groups in total. The number of amides is 2. The number of hydrogen-bond donors (Lipinski definition) is 2. The molecule has 0 aromatic heterocycles. The minimum Gasteiger partial charge on any atom is -0.355 e. The predicted molar refractivity (Wildman–Crippen MR) is 114 cm³/mol. The van der Waals surface area contributed by atoms with E-state index in [0.29, 0.717) is 17.7 Å². The standard InChI is InChI=1S/C23H32N2O4S/c26-21(15-23-12-17-9-18(13-23)11-19(10-17)14-23)25-16-22(27)24-7-4-8-30(28,29)20-5-2-1-3-6-20/h1-3,5-6,17-19H,4,7-16H2,(H,24,27)(H,25,26). The quantitative estimate of drug-likeness (QED) is 0.587. The van der Waals surface area contributed by atoms with Crippen LogP contribution >= 0.6 is 0 Å². The zero-order chi connectivity index (χ0) is 21.2. The highest BCUT2D eigenvalue weighted by Gasteiger charge is 2.51. The van der Waals surface area contributed by atoms with Crippen LogP contribution in [0.25, 0.3) is 0 Å². The molecule has 1 aromatic carbocycles. The Morgan fingerprint density at radius 2 is 1.50 bits per heavy atom. The fourth-order valence-corrected chi connectivity index (χ4v) is 7.72. The molecule has 164 valence electrons. The zero-order valence-electron chi connectivity index (χ0n) is 17.4. The lowest BCUT2D eigenvalue weighted by Crippen LogP contribution is -2.48. The summed E-state index contributed by atoms with van der Waals surface area (Å²) in [6.45, 7) is 0.229. The topological polar surface area (TPSA) is 92.3 Å². The fourth-order valence-electron chi connectivity index (χ4n) is 6.39. The summed E-state index contributed by atoms with van der Waals surface area (Å²) >= 11 is 0. The van der Waals surface area contributed by atoms with Gasteiger partial charge in [-0.05, 0) is 80.2 Å². The maximum Gasteiger partial charge on any atom is 0.239 e. The molecule has 0 atom stereocenters. The maximum absolute atomic E-state index is 12.5.